The molecule has 74 valence electrons. The summed E-state index contributed by atoms with van der Waals surface area (Å²) in [5.41, 5.74) is -0.102. The van der Waals surface area contributed by atoms with Gasteiger partial charge in [0.15, 0.2) is 0 Å². The molecule has 1 aromatic rings. The molecule has 0 saturated carbocycles. The van der Waals surface area contributed by atoms with E-state index in [0.29, 0.717) is 13.0 Å². The lowest BCUT2D eigenvalue weighted by molar-refractivity contribution is -0.0167. The highest BCUT2D eigenvalue weighted by molar-refractivity contribution is 4.98. The molecule has 1 N–H and O–H groups in total. The third-order valence-corrected chi connectivity index (χ3v) is 1.67. The van der Waals surface area contributed by atoms with Crippen LogP contribution in [0.1, 0.15) is 12.6 Å². The van der Waals surface area contributed by atoms with Gasteiger partial charge in [-0.05, 0) is 6.92 Å². The first-order valence-electron chi connectivity index (χ1n) is 4.10. The third kappa shape index (κ3) is 3.12. The molecule has 0 aliphatic rings. The van der Waals surface area contributed by atoms with Crippen molar-refractivity contribution in [1.29, 1.82) is 0 Å². The summed E-state index contributed by atoms with van der Waals surface area (Å²) in [6, 6.07) is 0. The maximum Gasteiger partial charge on any atom is 0.0908 e. The van der Waals surface area contributed by atoms with Gasteiger partial charge in [0.25, 0.3) is 0 Å². The third-order valence-electron chi connectivity index (χ3n) is 1.67. The van der Waals surface area contributed by atoms with Crippen LogP contribution in [0.25, 0.3) is 0 Å². The van der Waals surface area contributed by atoms with Gasteiger partial charge in [-0.1, -0.05) is 5.21 Å². The molecule has 1 aromatic heterocycles. The van der Waals surface area contributed by atoms with E-state index < -0.39 is 5.60 Å². The number of hydrogen-bond donors (Lipinski definition) is 1. The van der Waals surface area contributed by atoms with Crippen LogP contribution < -0.4 is 0 Å². The topological polar surface area (TPSA) is 60.2 Å². The first-order valence-corrected chi connectivity index (χ1v) is 4.10. The summed E-state index contributed by atoms with van der Waals surface area (Å²) in [6.07, 6.45) is 2.23. The average molecular weight is 185 g/mol. The zero-order valence-corrected chi connectivity index (χ0v) is 8.19. The van der Waals surface area contributed by atoms with E-state index >= 15 is 0 Å². The van der Waals surface area contributed by atoms with Gasteiger partial charge in [0.2, 0.25) is 0 Å². The monoisotopic (exact) mass is 185 g/mol. The van der Waals surface area contributed by atoms with E-state index in [4.69, 9.17) is 4.74 Å². The van der Waals surface area contributed by atoms with E-state index in [0.717, 1.165) is 5.69 Å². The molecule has 0 bridgehead atoms. The molecule has 0 radical (unpaired) electrons. The zero-order chi connectivity index (χ0) is 9.90. The standard InChI is InChI=1S/C8H15N3O2/c1-8(12,6-13-3)4-7-5-11(2)10-9-7/h5,12H,4,6H2,1-3H3. The number of aryl methyl sites for hydroxylation is 1. The van der Waals surface area contributed by atoms with E-state index in [1.165, 1.54) is 0 Å². The minimum Gasteiger partial charge on any atom is -0.387 e. The Morgan fingerprint density at radius 1 is 1.69 bits per heavy atom. The van der Waals surface area contributed by atoms with Crippen LogP contribution in [0.15, 0.2) is 6.20 Å². The molecule has 1 rings (SSSR count). The van der Waals surface area contributed by atoms with Gasteiger partial charge in [0.05, 0.1) is 17.9 Å². The summed E-state index contributed by atoms with van der Waals surface area (Å²) < 4.78 is 6.49. The first kappa shape index (κ1) is 10.1. The number of ether oxygens (including phenoxy) is 1. The molecule has 0 aliphatic heterocycles. The summed E-state index contributed by atoms with van der Waals surface area (Å²) in [7, 11) is 3.35. The van der Waals surface area contributed by atoms with Crippen molar-refractivity contribution in [2.24, 2.45) is 7.05 Å². The van der Waals surface area contributed by atoms with Crippen LogP contribution in [-0.4, -0.2) is 39.4 Å². The molecular formula is C8H15N3O2. The summed E-state index contributed by atoms with van der Waals surface area (Å²) >= 11 is 0. The fraction of sp³-hybridized carbons (Fsp3) is 0.750. The summed E-state index contributed by atoms with van der Waals surface area (Å²) in [6.45, 7) is 2.01. The largest absolute Gasteiger partial charge is 0.387 e. The van der Waals surface area contributed by atoms with E-state index in [1.54, 1.807) is 32.0 Å². The fourth-order valence-electron chi connectivity index (χ4n) is 1.23. The predicted molar refractivity (Wildman–Crippen MR) is 47.2 cm³/mol. The number of methoxy groups -OCH3 is 1. The Morgan fingerprint density at radius 3 is 2.85 bits per heavy atom. The highest BCUT2D eigenvalue weighted by Crippen LogP contribution is 2.10. The smallest absolute Gasteiger partial charge is 0.0908 e. The molecule has 13 heavy (non-hydrogen) atoms. The molecule has 0 spiro atoms. The van der Waals surface area contributed by atoms with E-state index in [9.17, 15) is 5.11 Å². The molecule has 1 atom stereocenters. The predicted octanol–water partition coefficient (Wildman–Crippen LogP) is -0.245. The lowest BCUT2D eigenvalue weighted by Crippen LogP contribution is -2.32. The minimum absolute atomic E-state index is 0.295. The Hall–Kier alpha value is -0.940. The molecule has 5 heteroatoms. The number of aromatic nitrogens is 3. The fourth-order valence-corrected chi connectivity index (χ4v) is 1.23. The maximum atomic E-state index is 9.78. The van der Waals surface area contributed by atoms with Gasteiger partial charge in [0.1, 0.15) is 0 Å². The van der Waals surface area contributed by atoms with Crippen LogP contribution in [0.3, 0.4) is 0 Å². The Kier molecular flexibility index (Phi) is 3.00. The number of hydrogen-bond acceptors (Lipinski definition) is 4. The molecular weight excluding hydrogens is 170 g/mol. The van der Waals surface area contributed by atoms with Crippen molar-refractivity contribution in [2.45, 2.75) is 18.9 Å². The zero-order valence-electron chi connectivity index (χ0n) is 8.19. The van der Waals surface area contributed by atoms with Crippen molar-refractivity contribution in [3.8, 4) is 0 Å². The molecule has 5 nitrogen and oxygen atoms in total. The second-order valence-corrected chi connectivity index (χ2v) is 3.49. The maximum absolute atomic E-state index is 9.78. The SMILES string of the molecule is COCC(C)(O)Cc1cn(C)nn1. The van der Waals surface area contributed by atoms with Crippen LogP contribution in [0.5, 0.6) is 0 Å². The molecule has 0 fully saturated rings. The second-order valence-electron chi connectivity index (χ2n) is 3.49. The molecule has 1 heterocycles. The molecule has 0 amide bonds. The van der Waals surface area contributed by atoms with Gasteiger partial charge >= 0.3 is 0 Å². The van der Waals surface area contributed by atoms with E-state index in [1.807, 2.05) is 0 Å². The molecule has 1 unspecified atom stereocenters. The van der Waals surface area contributed by atoms with Crippen molar-refractivity contribution < 1.29 is 9.84 Å². The van der Waals surface area contributed by atoms with Crippen LogP contribution in [0.4, 0.5) is 0 Å². The van der Waals surface area contributed by atoms with Gasteiger partial charge < -0.3 is 9.84 Å². The first-order chi connectivity index (χ1) is 6.03. The highest BCUT2D eigenvalue weighted by atomic mass is 16.5. The molecule has 0 saturated heterocycles. The van der Waals surface area contributed by atoms with Crippen molar-refractivity contribution >= 4 is 0 Å². The van der Waals surface area contributed by atoms with Gasteiger partial charge in [0, 0.05) is 26.8 Å². The Labute approximate surface area is 77.3 Å². The Balaban J connectivity index is 2.57. The Bertz CT molecular complexity index is 270. The normalized spacial score (nSPS) is 15.7. The molecule has 0 aromatic carbocycles. The average Bonchev–Trinajstić information content (AvgIpc) is 2.34. The highest BCUT2D eigenvalue weighted by Gasteiger charge is 2.22. The molecule has 0 aliphatic carbocycles. The lowest BCUT2D eigenvalue weighted by Gasteiger charge is -2.20. The van der Waals surface area contributed by atoms with Gasteiger partial charge in [-0.3, -0.25) is 4.68 Å². The summed E-state index contributed by atoms with van der Waals surface area (Å²) in [4.78, 5) is 0. The quantitative estimate of drug-likeness (QED) is 0.703. The van der Waals surface area contributed by atoms with Gasteiger partial charge in [-0.15, -0.1) is 5.10 Å². The minimum atomic E-state index is -0.870. The van der Waals surface area contributed by atoms with Crippen molar-refractivity contribution in [3.63, 3.8) is 0 Å². The van der Waals surface area contributed by atoms with Gasteiger partial charge in [-0.2, -0.15) is 0 Å². The van der Waals surface area contributed by atoms with Crippen LogP contribution in [0.2, 0.25) is 0 Å². The number of aliphatic hydroxyl groups is 1. The van der Waals surface area contributed by atoms with Crippen LogP contribution in [-0.2, 0) is 18.2 Å². The number of rotatable bonds is 4. The van der Waals surface area contributed by atoms with E-state index in [2.05, 4.69) is 10.3 Å². The summed E-state index contributed by atoms with van der Waals surface area (Å²) in [5.74, 6) is 0. The second kappa shape index (κ2) is 3.85. The summed E-state index contributed by atoms with van der Waals surface area (Å²) in [5, 5.41) is 17.4. The van der Waals surface area contributed by atoms with Gasteiger partial charge in [-0.25, -0.2) is 0 Å². The Morgan fingerprint density at radius 2 is 2.38 bits per heavy atom. The van der Waals surface area contributed by atoms with Crippen molar-refractivity contribution in [2.75, 3.05) is 13.7 Å². The number of nitrogens with zero attached hydrogens (tertiary/aromatic N) is 3. The van der Waals surface area contributed by atoms with E-state index in [-0.39, 0.29) is 0 Å². The van der Waals surface area contributed by atoms with Crippen LogP contribution in [0, 0.1) is 0 Å². The lowest BCUT2D eigenvalue weighted by atomic mass is 10.0. The van der Waals surface area contributed by atoms with Crippen LogP contribution >= 0.6 is 0 Å². The van der Waals surface area contributed by atoms with Crippen molar-refractivity contribution in [3.05, 3.63) is 11.9 Å². The van der Waals surface area contributed by atoms with Crippen molar-refractivity contribution in [1.82, 2.24) is 15.0 Å².